The van der Waals surface area contributed by atoms with E-state index in [1.54, 1.807) is 18.2 Å². The van der Waals surface area contributed by atoms with Gasteiger partial charge in [0.05, 0.1) is 6.16 Å². The maximum Gasteiger partial charge on any atom is 0.325 e. The lowest BCUT2D eigenvalue weighted by Gasteiger charge is -2.05. The Balaban J connectivity index is 2.54. The van der Waals surface area contributed by atoms with Crippen LogP contribution < -0.4 is 11.5 Å². The summed E-state index contributed by atoms with van der Waals surface area (Å²) in [5, 5.41) is 0. The Morgan fingerprint density at radius 2 is 1.67 bits per heavy atom. The summed E-state index contributed by atoms with van der Waals surface area (Å²) in [7, 11) is -3.89. The van der Waals surface area contributed by atoms with Crippen LogP contribution in [0, 0.1) is 0 Å². The van der Waals surface area contributed by atoms with Gasteiger partial charge in [0.1, 0.15) is 0 Å². The van der Waals surface area contributed by atoms with E-state index in [9.17, 15) is 4.57 Å². The van der Waals surface area contributed by atoms with E-state index < -0.39 is 7.60 Å². The highest BCUT2D eigenvalue weighted by Gasteiger charge is 2.11. The highest BCUT2D eigenvalue weighted by molar-refractivity contribution is 7.51. The van der Waals surface area contributed by atoms with Gasteiger partial charge in [0.15, 0.2) is 0 Å². The average molecular weight is 230 g/mol. The van der Waals surface area contributed by atoms with E-state index in [0.717, 1.165) is 5.56 Å². The van der Waals surface area contributed by atoms with E-state index in [1.807, 2.05) is 0 Å². The molecule has 0 radical (unpaired) electrons. The fraction of sp³-hybridized carbons (Fsp3) is 0.333. The molecule has 0 heterocycles. The molecule has 1 aromatic rings. The maximum atomic E-state index is 10.6. The van der Waals surface area contributed by atoms with Crippen LogP contribution in [0.3, 0.4) is 0 Å². The zero-order valence-electron chi connectivity index (χ0n) is 8.26. The third-order valence-corrected chi connectivity index (χ3v) is 2.85. The highest BCUT2D eigenvalue weighted by Crippen LogP contribution is 2.35. The molecule has 0 saturated carbocycles. The Morgan fingerprint density at radius 3 is 2.13 bits per heavy atom. The highest BCUT2D eigenvalue weighted by atomic mass is 31.2. The summed E-state index contributed by atoms with van der Waals surface area (Å²) < 4.78 is 10.6. The van der Waals surface area contributed by atoms with Crippen molar-refractivity contribution >= 4 is 19.0 Å². The minimum absolute atomic E-state index is 0.109. The molecule has 0 aliphatic rings. The Morgan fingerprint density at radius 1 is 1.13 bits per heavy atom. The summed E-state index contributed by atoms with van der Waals surface area (Å²) in [6.07, 6.45) is 0.884. The van der Waals surface area contributed by atoms with Gasteiger partial charge in [0, 0.05) is 11.4 Å². The van der Waals surface area contributed by atoms with E-state index in [2.05, 4.69) is 0 Å². The number of nitrogens with two attached hydrogens (primary N) is 2. The summed E-state index contributed by atoms with van der Waals surface area (Å²) in [5.41, 5.74) is 13.2. The van der Waals surface area contributed by atoms with E-state index in [-0.39, 0.29) is 6.16 Å². The van der Waals surface area contributed by atoms with Gasteiger partial charge in [0.2, 0.25) is 0 Å². The number of rotatable bonds is 4. The summed E-state index contributed by atoms with van der Waals surface area (Å²) in [4.78, 5) is 17.3. The van der Waals surface area contributed by atoms with Crippen molar-refractivity contribution in [3.63, 3.8) is 0 Å². The van der Waals surface area contributed by atoms with Crippen molar-refractivity contribution in [2.24, 2.45) is 0 Å². The van der Waals surface area contributed by atoms with Crippen molar-refractivity contribution in [1.82, 2.24) is 0 Å². The third-order valence-electron chi connectivity index (χ3n) is 1.95. The van der Waals surface area contributed by atoms with Crippen LogP contribution in [0.2, 0.25) is 0 Å². The smallest absolute Gasteiger partial charge is 0.325 e. The molecule has 1 aromatic carbocycles. The first-order valence-corrected chi connectivity index (χ1v) is 6.36. The predicted molar refractivity (Wildman–Crippen MR) is 60.5 cm³/mol. The first-order chi connectivity index (χ1) is 6.87. The number of nitrogen functional groups attached to an aromatic ring is 2. The van der Waals surface area contributed by atoms with Crippen LogP contribution in [0.5, 0.6) is 0 Å². The molecule has 0 amide bonds. The van der Waals surface area contributed by atoms with E-state index in [1.165, 1.54) is 0 Å². The molecule has 6 N–H and O–H groups in total. The van der Waals surface area contributed by atoms with Crippen LogP contribution in [0.25, 0.3) is 0 Å². The van der Waals surface area contributed by atoms with Gasteiger partial charge in [-0.2, -0.15) is 0 Å². The van der Waals surface area contributed by atoms with Crippen LogP contribution in [0.15, 0.2) is 18.2 Å². The largest absolute Gasteiger partial charge is 0.399 e. The predicted octanol–water partition coefficient (Wildman–Crippen LogP) is 0.961. The zero-order chi connectivity index (χ0) is 11.5. The normalized spacial score (nSPS) is 11.6. The molecule has 5 nitrogen and oxygen atoms in total. The molecule has 0 atom stereocenters. The topological polar surface area (TPSA) is 110 Å². The van der Waals surface area contributed by atoms with Crippen molar-refractivity contribution in [1.29, 1.82) is 0 Å². The van der Waals surface area contributed by atoms with Gasteiger partial charge in [0.25, 0.3) is 0 Å². The summed E-state index contributed by atoms with van der Waals surface area (Å²) in [6, 6.07) is 5.17. The molecular formula is C9H15N2O3P. The van der Waals surface area contributed by atoms with Crippen LogP contribution in [0.4, 0.5) is 11.4 Å². The number of benzene rings is 1. The number of anilines is 2. The second kappa shape index (κ2) is 4.66. The van der Waals surface area contributed by atoms with Crippen molar-refractivity contribution in [2.45, 2.75) is 12.8 Å². The fourth-order valence-electron chi connectivity index (χ4n) is 1.38. The van der Waals surface area contributed by atoms with Gasteiger partial charge in [-0.3, -0.25) is 4.57 Å². The van der Waals surface area contributed by atoms with Gasteiger partial charge < -0.3 is 21.3 Å². The van der Waals surface area contributed by atoms with Gasteiger partial charge in [-0.25, -0.2) is 0 Å². The lowest BCUT2D eigenvalue weighted by molar-refractivity contribution is 0.371. The standard InChI is InChI=1S/C9H15N2O3P/c10-8-4-7(5-9(11)6-8)2-1-3-15(12,13)14/h4-6H,1-3,10-11H2,(H2,12,13,14). The maximum absolute atomic E-state index is 10.6. The molecular weight excluding hydrogens is 215 g/mol. The van der Waals surface area contributed by atoms with Crippen molar-refractivity contribution in [3.05, 3.63) is 23.8 Å². The minimum Gasteiger partial charge on any atom is -0.399 e. The molecule has 15 heavy (non-hydrogen) atoms. The number of aryl methyl sites for hydroxylation is 1. The van der Waals surface area contributed by atoms with Crippen LogP contribution >= 0.6 is 7.60 Å². The Hall–Kier alpha value is -1.03. The second-order valence-corrected chi connectivity index (χ2v) is 5.28. The molecule has 0 bridgehead atoms. The first-order valence-electron chi connectivity index (χ1n) is 4.56. The fourth-order valence-corrected chi connectivity index (χ4v) is 1.95. The van der Waals surface area contributed by atoms with E-state index >= 15 is 0 Å². The minimum atomic E-state index is -3.89. The third kappa shape index (κ3) is 4.83. The SMILES string of the molecule is Nc1cc(N)cc(CCCP(=O)(O)O)c1. The van der Waals surface area contributed by atoms with Crippen molar-refractivity contribution < 1.29 is 14.4 Å². The van der Waals surface area contributed by atoms with E-state index in [4.69, 9.17) is 21.3 Å². The van der Waals surface area contributed by atoms with Gasteiger partial charge in [-0.15, -0.1) is 0 Å². The molecule has 0 fully saturated rings. The van der Waals surface area contributed by atoms with Crippen LogP contribution in [-0.2, 0) is 11.0 Å². The van der Waals surface area contributed by atoms with E-state index in [0.29, 0.717) is 24.2 Å². The molecule has 0 spiro atoms. The molecule has 0 aromatic heterocycles. The molecule has 0 aliphatic carbocycles. The van der Waals surface area contributed by atoms with Crippen LogP contribution in [0.1, 0.15) is 12.0 Å². The Kier molecular flexibility index (Phi) is 3.74. The van der Waals surface area contributed by atoms with Crippen molar-refractivity contribution in [2.75, 3.05) is 17.6 Å². The summed E-state index contributed by atoms with van der Waals surface area (Å²) in [6.45, 7) is 0. The quantitative estimate of drug-likeness (QED) is 0.455. The first kappa shape index (κ1) is 12.0. The van der Waals surface area contributed by atoms with Crippen molar-refractivity contribution in [3.8, 4) is 0 Å². The molecule has 84 valence electrons. The Bertz CT molecular complexity index is 369. The number of hydrogen-bond acceptors (Lipinski definition) is 3. The van der Waals surface area contributed by atoms with Crippen LogP contribution in [-0.4, -0.2) is 15.9 Å². The average Bonchev–Trinajstić information content (AvgIpc) is 1.99. The lowest BCUT2D eigenvalue weighted by Crippen LogP contribution is -1.96. The molecule has 6 heteroatoms. The summed E-state index contributed by atoms with van der Waals surface area (Å²) >= 11 is 0. The van der Waals surface area contributed by atoms with Gasteiger partial charge in [-0.05, 0) is 36.6 Å². The van der Waals surface area contributed by atoms with Gasteiger partial charge in [-0.1, -0.05) is 0 Å². The molecule has 0 saturated heterocycles. The molecule has 0 aliphatic heterocycles. The molecule has 1 rings (SSSR count). The number of hydrogen-bond donors (Lipinski definition) is 4. The summed E-state index contributed by atoms with van der Waals surface area (Å²) in [5.74, 6) is 0. The lowest BCUT2D eigenvalue weighted by atomic mass is 10.1. The van der Waals surface area contributed by atoms with Gasteiger partial charge >= 0.3 is 7.60 Å². The molecule has 0 unspecified atom stereocenters. The second-order valence-electron chi connectivity index (χ2n) is 3.50. The zero-order valence-corrected chi connectivity index (χ0v) is 9.15. The Labute approximate surface area is 88.3 Å². The monoisotopic (exact) mass is 230 g/mol.